The van der Waals surface area contributed by atoms with Crippen LogP contribution in [-0.2, 0) is 18.8 Å². The van der Waals surface area contributed by atoms with E-state index in [0.29, 0.717) is 11.5 Å². The average Bonchev–Trinajstić information content (AvgIpc) is 3.33. The summed E-state index contributed by atoms with van der Waals surface area (Å²) < 4.78 is 40.1. The van der Waals surface area contributed by atoms with Gasteiger partial charge in [-0.25, -0.2) is 0 Å². The van der Waals surface area contributed by atoms with Crippen LogP contribution in [0, 0.1) is 0 Å². The largest absolute Gasteiger partial charge is 0.416 e. The molecule has 0 saturated heterocycles. The first-order valence-electron chi connectivity index (χ1n) is 7.99. The minimum Gasteiger partial charge on any atom is -0.349 e. The highest BCUT2D eigenvalue weighted by Gasteiger charge is 2.49. The molecule has 1 aromatic carbocycles. The summed E-state index contributed by atoms with van der Waals surface area (Å²) in [6.07, 6.45) is -1.04. The van der Waals surface area contributed by atoms with Gasteiger partial charge in [0.05, 0.1) is 22.7 Å². The molecule has 1 aliphatic rings. The number of alkyl halides is 3. The van der Waals surface area contributed by atoms with Gasteiger partial charge in [-0.3, -0.25) is 4.68 Å². The first-order valence-corrected chi connectivity index (χ1v) is 8.37. The number of aryl methyl sites for hydroxylation is 1. The number of aromatic nitrogens is 4. The predicted octanol–water partition coefficient (Wildman–Crippen LogP) is 4.16. The summed E-state index contributed by atoms with van der Waals surface area (Å²) in [4.78, 5) is 10.5. The van der Waals surface area contributed by atoms with Gasteiger partial charge in [0.25, 0.3) is 0 Å². The van der Waals surface area contributed by atoms with Crippen molar-refractivity contribution >= 4 is 28.5 Å². The first-order chi connectivity index (χ1) is 12.2. The lowest BCUT2D eigenvalue weighted by Crippen LogP contribution is -2.32. The van der Waals surface area contributed by atoms with Gasteiger partial charge in [-0.05, 0) is 42.1 Å². The highest BCUT2D eigenvalue weighted by Crippen LogP contribution is 2.52. The molecule has 1 fully saturated rings. The molecule has 1 aliphatic carbocycles. The van der Waals surface area contributed by atoms with Crippen molar-refractivity contribution in [1.29, 1.82) is 0 Å². The molecule has 0 atom stereocenters. The molecule has 2 heterocycles. The zero-order chi connectivity index (χ0) is 18.7. The number of rotatable bonds is 3. The molecule has 136 valence electrons. The van der Waals surface area contributed by atoms with Gasteiger partial charge in [0.1, 0.15) is 5.82 Å². The zero-order valence-electron chi connectivity index (χ0n) is 14.0. The Bertz CT molecular complexity index is 976. The molecule has 3 aromatic rings. The lowest BCUT2D eigenvalue weighted by molar-refractivity contribution is -0.137. The molecule has 0 spiro atoms. The molecular weight excluding hydrogens is 367 g/mol. The number of hydrogen-bond donors (Lipinski definition) is 0. The third-order valence-electron chi connectivity index (χ3n) is 4.98. The van der Waals surface area contributed by atoms with Crippen molar-refractivity contribution in [3.05, 3.63) is 46.9 Å². The summed E-state index contributed by atoms with van der Waals surface area (Å²) in [5, 5.41) is 5.05. The number of halogens is 4. The average molecular weight is 382 g/mol. The van der Waals surface area contributed by atoms with Crippen LogP contribution in [0.3, 0.4) is 0 Å². The fourth-order valence-electron chi connectivity index (χ4n) is 3.35. The Morgan fingerprint density at radius 3 is 2.38 bits per heavy atom. The van der Waals surface area contributed by atoms with Crippen LogP contribution in [0.25, 0.3) is 11.0 Å². The third-order valence-corrected chi connectivity index (χ3v) is 5.15. The second-order valence-electron chi connectivity index (χ2n) is 6.49. The van der Waals surface area contributed by atoms with Crippen molar-refractivity contribution in [1.82, 2.24) is 19.7 Å². The highest BCUT2D eigenvalue weighted by molar-refractivity contribution is 6.28. The molecule has 9 heteroatoms. The van der Waals surface area contributed by atoms with E-state index >= 15 is 0 Å². The van der Waals surface area contributed by atoms with Gasteiger partial charge in [0.15, 0.2) is 5.65 Å². The monoisotopic (exact) mass is 381 g/mol. The molecule has 5 nitrogen and oxygen atoms in total. The van der Waals surface area contributed by atoms with E-state index in [4.69, 9.17) is 11.6 Å². The smallest absolute Gasteiger partial charge is 0.349 e. The summed E-state index contributed by atoms with van der Waals surface area (Å²) in [5.74, 6) is 0.616. The van der Waals surface area contributed by atoms with Crippen molar-refractivity contribution in [2.75, 3.05) is 11.9 Å². The normalized spacial score (nSPS) is 16.1. The molecule has 4 rings (SSSR count). The maximum Gasteiger partial charge on any atom is 0.416 e. The molecule has 0 unspecified atom stereocenters. The molecule has 0 aliphatic heterocycles. The summed E-state index contributed by atoms with van der Waals surface area (Å²) in [6, 6.07) is 5.32. The van der Waals surface area contributed by atoms with E-state index in [1.165, 1.54) is 12.1 Å². The van der Waals surface area contributed by atoms with Crippen molar-refractivity contribution in [2.24, 2.45) is 7.05 Å². The Morgan fingerprint density at radius 1 is 1.15 bits per heavy atom. The van der Waals surface area contributed by atoms with Crippen LogP contribution in [0.2, 0.25) is 5.28 Å². The van der Waals surface area contributed by atoms with Crippen molar-refractivity contribution < 1.29 is 13.2 Å². The van der Waals surface area contributed by atoms with Crippen LogP contribution in [-0.4, -0.2) is 26.8 Å². The zero-order valence-corrected chi connectivity index (χ0v) is 14.8. The van der Waals surface area contributed by atoms with Crippen molar-refractivity contribution in [2.45, 2.75) is 24.6 Å². The lowest BCUT2D eigenvalue weighted by Gasteiger charge is -2.30. The number of fused-ring (bicyclic) bond motifs is 1. The van der Waals surface area contributed by atoms with Gasteiger partial charge in [0.2, 0.25) is 5.28 Å². The van der Waals surface area contributed by atoms with E-state index in [0.717, 1.165) is 35.9 Å². The Morgan fingerprint density at radius 2 is 1.81 bits per heavy atom. The Labute approximate surface area is 152 Å². The van der Waals surface area contributed by atoms with Crippen LogP contribution in [0.4, 0.5) is 19.0 Å². The van der Waals surface area contributed by atoms with E-state index in [9.17, 15) is 13.2 Å². The van der Waals surface area contributed by atoms with E-state index in [1.807, 2.05) is 11.9 Å². The quantitative estimate of drug-likeness (QED) is 0.639. The predicted molar refractivity (Wildman–Crippen MR) is 92.1 cm³/mol. The second-order valence-corrected chi connectivity index (χ2v) is 6.83. The molecule has 1 saturated carbocycles. The van der Waals surface area contributed by atoms with Crippen LogP contribution >= 0.6 is 11.6 Å². The topological polar surface area (TPSA) is 46.8 Å². The van der Waals surface area contributed by atoms with Crippen molar-refractivity contribution in [3.8, 4) is 0 Å². The lowest BCUT2D eigenvalue weighted by atomic mass is 10.0. The van der Waals surface area contributed by atoms with Crippen LogP contribution in [0.1, 0.15) is 24.0 Å². The number of nitrogens with zero attached hydrogens (tertiary/aromatic N) is 5. The van der Waals surface area contributed by atoms with Gasteiger partial charge in [-0.1, -0.05) is 12.1 Å². The highest BCUT2D eigenvalue weighted by atomic mass is 35.5. The second kappa shape index (κ2) is 5.57. The third kappa shape index (κ3) is 2.59. The summed E-state index contributed by atoms with van der Waals surface area (Å²) in [7, 11) is 3.63. The van der Waals surface area contributed by atoms with E-state index < -0.39 is 17.3 Å². The Kier molecular flexibility index (Phi) is 3.66. The fourth-order valence-corrected chi connectivity index (χ4v) is 3.51. The summed E-state index contributed by atoms with van der Waals surface area (Å²) >= 11 is 6.07. The standard InChI is InChI=1S/C17H15ClF3N5/c1-25(13-12-9-22-26(2)14(12)24-15(18)23-13)16(7-8-16)10-3-5-11(6-4-10)17(19,20)21/h3-6,9H,7-8H2,1-2H3. The maximum absolute atomic E-state index is 12.8. The molecular formula is C17H15ClF3N5. The van der Waals surface area contributed by atoms with Gasteiger partial charge in [0, 0.05) is 14.1 Å². The number of anilines is 1. The minimum absolute atomic E-state index is 0.103. The van der Waals surface area contributed by atoms with E-state index in [-0.39, 0.29) is 5.28 Å². The summed E-state index contributed by atoms with van der Waals surface area (Å²) in [6.45, 7) is 0. The Hall–Kier alpha value is -2.35. The SMILES string of the molecule is CN(c1nc(Cl)nc2c1cnn2C)C1(c2ccc(C(F)(F)F)cc2)CC1. The van der Waals surface area contributed by atoms with E-state index in [2.05, 4.69) is 15.1 Å². The molecule has 0 radical (unpaired) electrons. The molecule has 2 aromatic heterocycles. The van der Waals surface area contributed by atoms with Crippen molar-refractivity contribution in [3.63, 3.8) is 0 Å². The fraction of sp³-hybridized carbons (Fsp3) is 0.353. The molecule has 0 amide bonds. The van der Waals surface area contributed by atoms with Crippen LogP contribution in [0.5, 0.6) is 0 Å². The molecule has 0 N–H and O–H groups in total. The van der Waals surface area contributed by atoms with Gasteiger partial charge < -0.3 is 4.90 Å². The van der Waals surface area contributed by atoms with Crippen LogP contribution < -0.4 is 4.90 Å². The van der Waals surface area contributed by atoms with Gasteiger partial charge in [-0.15, -0.1) is 0 Å². The molecule has 0 bridgehead atoms. The Balaban J connectivity index is 1.76. The van der Waals surface area contributed by atoms with Gasteiger partial charge >= 0.3 is 6.18 Å². The number of hydrogen-bond acceptors (Lipinski definition) is 4. The number of benzene rings is 1. The van der Waals surface area contributed by atoms with E-state index in [1.54, 1.807) is 17.9 Å². The molecule has 26 heavy (non-hydrogen) atoms. The maximum atomic E-state index is 12.8. The minimum atomic E-state index is -4.34. The first kappa shape index (κ1) is 17.1. The van der Waals surface area contributed by atoms with Crippen LogP contribution in [0.15, 0.2) is 30.5 Å². The summed E-state index contributed by atoms with van der Waals surface area (Å²) in [5.41, 5.74) is 0.374. The van der Waals surface area contributed by atoms with Gasteiger partial charge in [-0.2, -0.15) is 28.2 Å².